The molecule has 0 atom stereocenters. The predicted octanol–water partition coefficient (Wildman–Crippen LogP) is 6.08. The molecule has 2 heteroatoms. The lowest BCUT2D eigenvalue weighted by Crippen LogP contribution is -1.91. The van der Waals surface area contributed by atoms with Crippen molar-refractivity contribution in [1.82, 2.24) is 0 Å². The van der Waals surface area contributed by atoms with E-state index in [0.29, 0.717) is 0 Å². The Morgan fingerprint density at radius 3 is 0.909 bits per heavy atom. The molecule has 0 saturated carbocycles. The fourth-order valence-corrected chi connectivity index (χ4v) is 3.17. The Hall–Kier alpha value is -0.880. The Labute approximate surface area is 159 Å². The van der Waals surface area contributed by atoms with Crippen molar-refractivity contribution in [1.29, 1.82) is 0 Å². The molecule has 0 aliphatic heterocycles. The number of benzene rings is 3. The highest BCUT2D eigenvalue weighted by atomic mass is 127. The van der Waals surface area contributed by atoms with Crippen molar-refractivity contribution in [2.24, 2.45) is 0 Å². The number of hydrogen-bond acceptors (Lipinski definition) is 0. The largest absolute Gasteiger partial charge is 0.0584 e. The summed E-state index contributed by atoms with van der Waals surface area (Å²) in [7, 11) is 0. The molecule has 0 nitrogen and oxygen atoms in total. The van der Waals surface area contributed by atoms with Crippen molar-refractivity contribution in [2.45, 2.75) is 12.8 Å². The normalized spacial score (nSPS) is 10.6. The summed E-state index contributed by atoms with van der Waals surface area (Å²) in [4.78, 5) is 0. The van der Waals surface area contributed by atoms with Crippen LogP contribution in [0.1, 0.15) is 22.3 Å². The molecule has 3 rings (SSSR count). The summed E-state index contributed by atoms with van der Waals surface area (Å²) in [6, 6.07) is 26.5. The molecule has 0 unspecified atom stereocenters. The fourth-order valence-electron chi connectivity index (χ4n) is 2.45. The van der Waals surface area contributed by atoms with E-state index in [2.05, 4.69) is 118 Å². The summed E-state index contributed by atoms with van der Waals surface area (Å²) in [6.07, 6.45) is 2.00. The Morgan fingerprint density at radius 1 is 0.409 bits per heavy atom. The van der Waals surface area contributed by atoms with Crippen molar-refractivity contribution < 1.29 is 0 Å². The summed E-state index contributed by atoms with van der Waals surface area (Å²) in [5.74, 6) is 0. The van der Waals surface area contributed by atoms with Crippen LogP contribution in [-0.4, -0.2) is 0 Å². The Kier molecular flexibility index (Phi) is 5.52. The minimum Gasteiger partial charge on any atom is -0.0584 e. The molecule has 0 saturated heterocycles. The Morgan fingerprint density at radius 2 is 0.636 bits per heavy atom. The van der Waals surface area contributed by atoms with E-state index in [1.165, 1.54) is 29.4 Å². The molecular formula is C20H16I2. The van der Waals surface area contributed by atoms with Gasteiger partial charge in [-0.15, -0.1) is 0 Å². The molecule has 3 aromatic carbocycles. The van der Waals surface area contributed by atoms with Gasteiger partial charge in [0, 0.05) is 7.14 Å². The minimum absolute atomic E-state index is 1.00. The van der Waals surface area contributed by atoms with Crippen LogP contribution in [0.5, 0.6) is 0 Å². The van der Waals surface area contributed by atoms with Gasteiger partial charge in [-0.05, 0) is 105 Å². The zero-order chi connectivity index (χ0) is 15.4. The fraction of sp³-hybridized carbons (Fsp3) is 0.100. The van der Waals surface area contributed by atoms with Crippen LogP contribution in [0.25, 0.3) is 0 Å². The van der Waals surface area contributed by atoms with Crippen molar-refractivity contribution in [3.63, 3.8) is 0 Å². The summed E-state index contributed by atoms with van der Waals surface area (Å²) in [5, 5.41) is 0. The summed E-state index contributed by atoms with van der Waals surface area (Å²) < 4.78 is 2.57. The second-order valence-corrected chi connectivity index (χ2v) is 7.91. The molecule has 3 aromatic rings. The minimum atomic E-state index is 1.00. The molecule has 0 N–H and O–H groups in total. The van der Waals surface area contributed by atoms with Crippen LogP contribution in [0.3, 0.4) is 0 Å². The van der Waals surface area contributed by atoms with Gasteiger partial charge < -0.3 is 0 Å². The molecule has 110 valence electrons. The highest BCUT2D eigenvalue weighted by Crippen LogP contribution is 2.16. The standard InChI is InChI=1S/C20H16I2/c21-19-9-5-17(6-10-19)13-15-1-2-16(4-3-15)14-18-7-11-20(22)12-8-18/h1-12H,13-14H2. The molecule has 0 aliphatic rings. The highest BCUT2D eigenvalue weighted by Gasteiger charge is 2.00. The molecule has 0 aromatic heterocycles. The first-order chi connectivity index (χ1) is 10.7. The van der Waals surface area contributed by atoms with Crippen LogP contribution < -0.4 is 0 Å². The first kappa shape index (κ1) is 16.0. The monoisotopic (exact) mass is 510 g/mol. The lowest BCUT2D eigenvalue weighted by molar-refractivity contribution is 1.15. The van der Waals surface area contributed by atoms with Crippen LogP contribution in [0, 0.1) is 7.14 Å². The van der Waals surface area contributed by atoms with Crippen LogP contribution in [-0.2, 0) is 12.8 Å². The van der Waals surface area contributed by atoms with Gasteiger partial charge >= 0.3 is 0 Å². The van der Waals surface area contributed by atoms with Gasteiger partial charge in [-0.25, -0.2) is 0 Å². The number of hydrogen-bond donors (Lipinski definition) is 0. The van der Waals surface area contributed by atoms with E-state index in [-0.39, 0.29) is 0 Å². The molecule has 0 aliphatic carbocycles. The quantitative estimate of drug-likeness (QED) is 0.374. The molecule has 0 heterocycles. The zero-order valence-electron chi connectivity index (χ0n) is 12.1. The lowest BCUT2D eigenvalue weighted by Gasteiger charge is -2.06. The molecular weight excluding hydrogens is 494 g/mol. The third-order valence-electron chi connectivity index (χ3n) is 3.67. The number of rotatable bonds is 4. The van der Waals surface area contributed by atoms with E-state index in [1.54, 1.807) is 0 Å². The SMILES string of the molecule is Ic1ccc(Cc2ccc(Cc3ccc(I)cc3)cc2)cc1. The first-order valence-corrected chi connectivity index (χ1v) is 9.41. The first-order valence-electron chi connectivity index (χ1n) is 7.26. The van der Waals surface area contributed by atoms with Crippen molar-refractivity contribution in [3.05, 3.63) is 102 Å². The van der Waals surface area contributed by atoms with E-state index in [0.717, 1.165) is 12.8 Å². The van der Waals surface area contributed by atoms with E-state index in [9.17, 15) is 0 Å². The molecule has 0 fully saturated rings. The van der Waals surface area contributed by atoms with Gasteiger partial charge in [-0.2, -0.15) is 0 Å². The molecule has 0 bridgehead atoms. The number of halogens is 2. The van der Waals surface area contributed by atoms with Crippen molar-refractivity contribution >= 4 is 45.2 Å². The van der Waals surface area contributed by atoms with Gasteiger partial charge in [0.05, 0.1) is 0 Å². The predicted molar refractivity (Wildman–Crippen MR) is 110 cm³/mol. The average Bonchev–Trinajstić information content (AvgIpc) is 2.54. The maximum absolute atomic E-state index is 2.34. The van der Waals surface area contributed by atoms with Gasteiger partial charge in [0.2, 0.25) is 0 Å². The molecule has 0 spiro atoms. The van der Waals surface area contributed by atoms with Gasteiger partial charge in [-0.3, -0.25) is 0 Å². The van der Waals surface area contributed by atoms with Crippen LogP contribution in [0.2, 0.25) is 0 Å². The second-order valence-electron chi connectivity index (χ2n) is 5.42. The third-order valence-corrected chi connectivity index (χ3v) is 5.10. The maximum Gasteiger partial charge on any atom is 0.0130 e. The second kappa shape index (κ2) is 7.59. The van der Waals surface area contributed by atoms with E-state index < -0.39 is 0 Å². The molecule has 22 heavy (non-hydrogen) atoms. The Bertz CT molecular complexity index is 660. The highest BCUT2D eigenvalue weighted by molar-refractivity contribution is 14.1. The van der Waals surface area contributed by atoms with E-state index >= 15 is 0 Å². The smallest absolute Gasteiger partial charge is 0.0130 e. The van der Waals surface area contributed by atoms with Crippen molar-refractivity contribution in [2.75, 3.05) is 0 Å². The van der Waals surface area contributed by atoms with E-state index in [1.807, 2.05) is 0 Å². The third kappa shape index (κ3) is 4.56. The van der Waals surface area contributed by atoms with Gasteiger partial charge in [0.25, 0.3) is 0 Å². The lowest BCUT2D eigenvalue weighted by atomic mass is 10.0. The summed E-state index contributed by atoms with van der Waals surface area (Å²) >= 11 is 4.69. The van der Waals surface area contributed by atoms with Gasteiger partial charge in [0.15, 0.2) is 0 Å². The van der Waals surface area contributed by atoms with Gasteiger partial charge in [0.1, 0.15) is 0 Å². The van der Waals surface area contributed by atoms with Crippen LogP contribution in [0.4, 0.5) is 0 Å². The van der Waals surface area contributed by atoms with E-state index in [4.69, 9.17) is 0 Å². The average molecular weight is 510 g/mol. The summed E-state index contributed by atoms with van der Waals surface area (Å²) in [6.45, 7) is 0. The molecule has 0 radical (unpaired) electrons. The van der Waals surface area contributed by atoms with Crippen LogP contribution >= 0.6 is 45.2 Å². The van der Waals surface area contributed by atoms with Gasteiger partial charge in [-0.1, -0.05) is 48.5 Å². The molecule has 0 amide bonds. The zero-order valence-corrected chi connectivity index (χ0v) is 16.4. The Balaban J connectivity index is 1.67. The topological polar surface area (TPSA) is 0 Å². The van der Waals surface area contributed by atoms with Crippen molar-refractivity contribution in [3.8, 4) is 0 Å². The maximum atomic E-state index is 2.34. The van der Waals surface area contributed by atoms with Crippen LogP contribution in [0.15, 0.2) is 72.8 Å². The summed E-state index contributed by atoms with van der Waals surface area (Å²) in [5.41, 5.74) is 5.47.